The molecule has 0 heterocycles. The summed E-state index contributed by atoms with van der Waals surface area (Å²) in [5.41, 5.74) is 0. The van der Waals surface area contributed by atoms with Crippen LogP contribution < -0.4 is 15.3 Å². The topological polar surface area (TPSA) is 29.5 Å². The van der Waals surface area contributed by atoms with Crippen molar-refractivity contribution in [3.8, 4) is 5.75 Å². The molecule has 0 saturated heterocycles. The Morgan fingerprint density at radius 2 is 1.58 bits per heavy atom. The first-order valence-electron chi connectivity index (χ1n) is 5.97. The maximum absolute atomic E-state index is 10.4. The first-order chi connectivity index (χ1) is 8.66. The SMILES string of the molecule is B.CC(C)Oc1cccc(P(O)c2ccccc2)c1. The van der Waals surface area contributed by atoms with Crippen molar-refractivity contribution in [3.05, 3.63) is 54.6 Å². The highest BCUT2D eigenvalue weighted by Gasteiger charge is 2.11. The van der Waals surface area contributed by atoms with Crippen LogP contribution >= 0.6 is 8.15 Å². The first kappa shape index (κ1) is 15.8. The number of ether oxygens (including phenoxy) is 1. The van der Waals surface area contributed by atoms with Gasteiger partial charge in [-0.05, 0) is 26.0 Å². The summed E-state index contributed by atoms with van der Waals surface area (Å²) in [6.07, 6.45) is 0.141. The Balaban J connectivity index is 0.00000180. The molecule has 0 aliphatic carbocycles. The van der Waals surface area contributed by atoms with Crippen LogP contribution in [-0.4, -0.2) is 19.4 Å². The van der Waals surface area contributed by atoms with Crippen LogP contribution in [0, 0.1) is 0 Å². The molecule has 100 valence electrons. The van der Waals surface area contributed by atoms with E-state index in [-0.39, 0.29) is 14.5 Å². The van der Waals surface area contributed by atoms with Crippen LogP contribution in [0.5, 0.6) is 5.75 Å². The average molecular weight is 274 g/mol. The Kier molecular flexibility index (Phi) is 6.07. The molecule has 1 unspecified atom stereocenters. The fourth-order valence-corrected chi connectivity index (χ4v) is 2.91. The van der Waals surface area contributed by atoms with Gasteiger partial charge in [0.1, 0.15) is 5.75 Å². The molecule has 0 aliphatic heterocycles. The summed E-state index contributed by atoms with van der Waals surface area (Å²) in [6, 6.07) is 17.4. The van der Waals surface area contributed by atoms with Gasteiger partial charge in [0.05, 0.1) is 22.7 Å². The van der Waals surface area contributed by atoms with Crippen LogP contribution in [0.2, 0.25) is 0 Å². The van der Waals surface area contributed by atoms with Gasteiger partial charge >= 0.3 is 0 Å². The lowest BCUT2D eigenvalue weighted by molar-refractivity contribution is 0.242. The van der Waals surface area contributed by atoms with Gasteiger partial charge in [-0.15, -0.1) is 0 Å². The molecule has 0 aromatic heterocycles. The van der Waals surface area contributed by atoms with Crippen molar-refractivity contribution in [2.24, 2.45) is 0 Å². The second-order valence-electron chi connectivity index (χ2n) is 4.31. The number of hydrogen-bond acceptors (Lipinski definition) is 2. The van der Waals surface area contributed by atoms with Gasteiger partial charge in [-0.2, -0.15) is 0 Å². The molecule has 0 bridgehead atoms. The maximum atomic E-state index is 10.4. The minimum atomic E-state index is -1.29. The molecule has 0 spiro atoms. The van der Waals surface area contributed by atoms with Crippen molar-refractivity contribution in [3.63, 3.8) is 0 Å². The van der Waals surface area contributed by atoms with Gasteiger partial charge in [-0.25, -0.2) is 0 Å². The van der Waals surface area contributed by atoms with Gasteiger partial charge in [0.2, 0.25) is 0 Å². The molecule has 1 N–H and O–H groups in total. The zero-order valence-corrected chi connectivity index (χ0v) is 11.5. The van der Waals surface area contributed by atoms with E-state index in [1.54, 1.807) is 0 Å². The predicted molar refractivity (Wildman–Crippen MR) is 87.0 cm³/mol. The van der Waals surface area contributed by atoms with Crippen LogP contribution in [0.3, 0.4) is 0 Å². The molecule has 0 aliphatic rings. The molecule has 0 fully saturated rings. The fraction of sp³-hybridized carbons (Fsp3) is 0.200. The number of hydrogen-bond donors (Lipinski definition) is 1. The Morgan fingerprint density at radius 3 is 2.21 bits per heavy atom. The summed E-state index contributed by atoms with van der Waals surface area (Å²) in [5.74, 6) is 0.806. The molecule has 0 amide bonds. The summed E-state index contributed by atoms with van der Waals surface area (Å²) >= 11 is 0. The molecular formula is C15H20BO2P. The van der Waals surface area contributed by atoms with E-state index in [2.05, 4.69) is 0 Å². The molecule has 0 radical (unpaired) electrons. The molecule has 2 aromatic carbocycles. The summed E-state index contributed by atoms with van der Waals surface area (Å²) in [4.78, 5) is 10.4. The predicted octanol–water partition coefficient (Wildman–Crippen LogP) is 1.63. The third-order valence-electron chi connectivity index (χ3n) is 2.43. The van der Waals surface area contributed by atoms with Gasteiger partial charge in [0.15, 0.2) is 0 Å². The largest absolute Gasteiger partial charge is 0.491 e. The van der Waals surface area contributed by atoms with E-state index in [0.29, 0.717) is 0 Å². The molecule has 0 saturated carbocycles. The Hall–Kier alpha value is -1.31. The van der Waals surface area contributed by atoms with Crippen molar-refractivity contribution in [1.82, 2.24) is 0 Å². The zero-order chi connectivity index (χ0) is 13.0. The summed E-state index contributed by atoms with van der Waals surface area (Å²) in [7, 11) is -1.29. The van der Waals surface area contributed by atoms with E-state index in [9.17, 15) is 4.89 Å². The Morgan fingerprint density at radius 1 is 0.947 bits per heavy atom. The molecule has 2 aromatic rings. The quantitative estimate of drug-likeness (QED) is 0.678. The molecule has 2 nitrogen and oxygen atoms in total. The highest BCUT2D eigenvalue weighted by molar-refractivity contribution is 7.67. The van der Waals surface area contributed by atoms with Gasteiger partial charge in [0.25, 0.3) is 0 Å². The molecular weight excluding hydrogens is 254 g/mol. The molecule has 2 rings (SSSR count). The molecule has 1 atom stereocenters. The number of rotatable bonds is 4. The van der Waals surface area contributed by atoms with Crippen LogP contribution in [-0.2, 0) is 0 Å². The average Bonchev–Trinajstić information content (AvgIpc) is 2.38. The summed E-state index contributed by atoms with van der Waals surface area (Å²) in [5, 5.41) is 1.86. The third kappa shape index (κ3) is 4.38. The smallest absolute Gasteiger partial charge is 0.120 e. The van der Waals surface area contributed by atoms with Crippen molar-refractivity contribution in [2.75, 3.05) is 0 Å². The lowest BCUT2D eigenvalue weighted by atomic mass is 10.3. The fourth-order valence-electron chi connectivity index (χ4n) is 1.68. The van der Waals surface area contributed by atoms with Crippen molar-refractivity contribution in [1.29, 1.82) is 0 Å². The van der Waals surface area contributed by atoms with Gasteiger partial charge in [-0.3, -0.25) is 0 Å². The van der Waals surface area contributed by atoms with Crippen LogP contribution in [0.25, 0.3) is 0 Å². The summed E-state index contributed by atoms with van der Waals surface area (Å²) in [6.45, 7) is 3.98. The molecule has 19 heavy (non-hydrogen) atoms. The van der Waals surface area contributed by atoms with E-state index in [1.807, 2.05) is 68.4 Å². The number of benzene rings is 2. The van der Waals surface area contributed by atoms with Crippen LogP contribution in [0.4, 0.5) is 0 Å². The van der Waals surface area contributed by atoms with E-state index in [4.69, 9.17) is 4.74 Å². The Bertz CT molecular complexity index is 503. The van der Waals surface area contributed by atoms with Crippen LogP contribution in [0.15, 0.2) is 54.6 Å². The van der Waals surface area contributed by atoms with Crippen molar-refractivity contribution < 1.29 is 9.63 Å². The van der Waals surface area contributed by atoms with Crippen molar-refractivity contribution >= 4 is 27.2 Å². The second-order valence-corrected chi connectivity index (χ2v) is 5.97. The third-order valence-corrected chi connectivity index (χ3v) is 3.99. The van der Waals surface area contributed by atoms with E-state index < -0.39 is 8.15 Å². The minimum absolute atomic E-state index is 0. The van der Waals surface area contributed by atoms with E-state index in [0.717, 1.165) is 16.4 Å². The van der Waals surface area contributed by atoms with Gasteiger partial charge in [0, 0.05) is 10.6 Å². The normalized spacial score (nSPS) is 11.8. The standard InChI is InChI=1S/C15H17O2P.BH3/c1-12(2)17-13-7-6-10-15(11-13)18(16)14-8-4-3-5-9-14;/h3-12,16H,1-2H3;1H3. The highest BCUT2D eigenvalue weighted by Crippen LogP contribution is 2.29. The summed E-state index contributed by atoms with van der Waals surface area (Å²) < 4.78 is 5.64. The van der Waals surface area contributed by atoms with E-state index in [1.165, 1.54) is 0 Å². The van der Waals surface area contributed by atoms with Gasteiger partial charge in [-0.1, -0.05) is 42.5 Å². The lowest BCUT2D eigenvalue weighted by Crippen LogP contribution is -2.12. The molecule has 4 heteroatoms. The van der Waals surface area contributed by atoms with Gasteiger partial charge < -0.3 is 9.63 Å². The highest BCUT2D eigenvalue weighted by atomic mass is 31.1. The van der Waals surface area contributed by atoms with Crippen molar-refractivity contribution in [2.45, 2.75) is 20.0 Å². The first-order valence-corrected chi connectivity index (χ1v) is 7.27. The minimum Gasteiger partial charge on any atom is -0.491 e. The van der Waals surface area contributed by atoms with E-state index >= 15 is 0 Å². The lowest BCUT2D eigenvalue weighted by Gasteiger charge is -2.14. The zero-order valence-electron chi connectivity index (χ0n) is 10.6. The maximum Gasteiger partial charge on any atom is 0.120 e. The monoisotopic (exact) mass is 274 g/mol. The van der Waals surface area contributed by atoms with Crippen LogP contribution in [0.1, 0.15) is 13.8 Å². The second kappa shape index (κ2) is 7.32. The Labute approximate surface area is 117 Å².